The van der Waals surface area contributed by atoms with Gasteiger partial charge in [0.05, 0.1) is 19.5 Å². The van der Waals surface area contributed by atoms with Crippen molar-refractivity contribution in [2.24, 2.45) is 11.1 Å². The summed E-state index contributed by atoms with van der Waals surface area (Å²) in [7, 11) is -16.6. The van der Waals surface area contributed by atoms with E-state index in [4.69, 9.17) is 30.4 Å². The zero-order chi connectivity index (χ0) is 47.0. The first-order valence-electron chi connectivity index (χ1n) is 17.3. The van der Waals surface area contributed by atoms with Crippen LogP contribution in [0.1, 0.15) is 26.5 Å². The number of imidazole rings is 1. The van der Waals surface area contributed by atoms with Gasteiger partial charge in [-0.2, -0.15) is 4.31 Å². The number of rotatable bonds is 25. The number of nitrogens with one attached hydrogen (secondary N) is 3. The summed E-state index contributed by atoms with van der Waals surface area (Å²) in [5.41, 5.74) is 5.97. The molecule has 3 unspecified atom stereocenters. The molecular formula is C27H44N9O22P3S. The van der Waals surface area contributed by atoms with E-state index in [0.29, 0.717) is 0 Å². The second-order valence-corrected chi connectivity index (χ2v) is 18.8. The molecular weight excluding hydrogens is 927 g/mol. The first kappa shape index (κ1) is 52.7. The summed E-state index contributed by atoms with van der Waals surface area (Å²) < 4.78 is 61.9. The van der Waals surface area contributed by atoms with Crippen LogP contribution in [0.5, 0.6) is 0 Å². The maximum Gasteiger partial charge on any atom is 0.481 e. The number of nitrogens with two attached hydrogens (primary N) is 2. The molecule has 0 spiro atoms. The number of carboxylic acids is 2. The Hall–Kier alpha value is -3.62. The Bertz CT molecular complexity index is 2110. The van der Waals surface area contributed by atoms with Crippen molar-refractivity contribution < 1.29 is 105 Å². The second-order valence-electron chi connectivity index (χ2n) is 13.5. The van der Waals surface area contributed by atoms with Gasteiger partial charge >= 0.3 is 35.4 Å². The number of carboxylic acid groups (broad SMARTS) is 2. The standard InChI is InChI=1S/C27H44N9O22P3S/c1-26(2,18(39)21(40)31-4-3-14(37)30-5-6-62-25(45)27(46,24(43)44)35-12(7-28)23(41)42)9-55-61(52,53)58-60(50,51)54-8-13-17(57-59(47,48)49)16(38)22(56-13)36-11-34-15-19(29)32-10-33-20(15)36/h10-13,16-18,22,35,38-39,46H,3-9,28H2,1-2H3,(H,30,37)(H,31,40)(H,41,42)(H,43,44)(H,50,51)(H,52,53)(H2,29,32,33)(H2,47,48,49)/t12-,13+,16+,17+,18-,22+,27?/m0/s1. The molecule has 350 valence electrons. The van der Waals surface area contributed by atoms with Crippen molar-refractivity contribution in [3.63, 3.8) is 0 Å². The number of hydrogen-bond acceptors (Lipinski definition) is 23. The van der Waals surface area contributed by atoms with Crippen LogP contribution < -0.4 is 27.4 Å². The molecule has 1 aliphatic rings. The van der Waals surface area contributed by atoms with Crippen LogP contribution in [0.15, 0.2) is 12.7 Å². The maximum atomic E-state index is 12.7. The number of aliphatic carboxylic acids is 2. The van der Waals surface area contributed by atoms with E-state index in [1.807, 2.05) is 0 Å². The van der Waals surface area contributed by atoms with E-state index >= 15 is 0 Å². The second kappa shape index (κ2) is 21.4. The van der Waals surface area contributed by atoms with E-state index in [1.165, 1.54) is 13.8 Å². The van der Waals surface area contributed by atoms with E-state index < -0.39 is 126 Å². The first-order valence-corrected chi connectivity index (χ1v) is 22.8. The van der Waals surface area contributed by atoms with Crippen molar-refractivity contribution in [1.82, 2.24) is 35.5 Å². The fourth-order valence-corrected chi connectivity index (χ4v) is 8.63. The van der Waals surface area contributed by atoms with Crippen LogP contribution in [0.4, 0.5) is 5.82 Å². The van der Waals surface area contributed by atoms with Crippen LogP contribution in [0.3, 0.4) is 0 Å². The summed E-state index contributed by atoms with van der Waals surface area (Å²) >= 11 is 0.243. The van der Waals surface area contributed by atoms with Crippen LogP contribution in [-0.4, -0.2) is 168 Å². The molecule has 0 aliphatic carbocycles. The molecule has 3 rings (SSSR count). The van der Waals surface area contributed by atoms with Crippen LogP contribution in [0.2, 0.25) is 0 Å². The highest BCUT2D eigenvalue weighted by molar-refractivity contribution is 8.13. The minimum atomic E-state index is -5.64. The highest BCUT2D eigenvalue weighted by atomic mass is 32.2. The molecule has 31 nitrogen and oxygen atoms in total. The number of nitrogen functional groups attached to an aromatic ring is 1. The average molecular weight is 972 g/mol. The zero-order valence-corrected chi connectivity index (χ0v) is 35.6. The Morgan fingerprint density at radius 2 is 1.66 bits per heavy atom. The molecule has 16 N–H and O–H groups in total. The summed E-state index contributed by atoms with van der Waals surface area (Å²) in [5.74, 6) is -5.92. The predicted octanol–water partition coefficient (Wildman–Crippen LogP) is -4.56. The van der Waals surface area contributed by atoms with Gasteiger partial charge in [0, 0.05) is 37.2 Å². The van der Waals surface area contributed by atoms with Crippen LogP contribution in [-0.2, 0) is 60.3 Å². The lowest BCUT2D eigenvalue weighted by Crippen LogP contribution is -2.63. The van der Waals surface area contributed by atoms with Gasteiger partial charge in [0.15, 0.2) is 17.7 Å². The number of nitrogens with zero attached hydrogens (tertiary/aromatic N) is 4. The monoisotopic (exact) mass is 971 g/mol. The van der Waals surface area contributed by atoms with Gasteiger partial charge in [-0.3, -0.25) is 42.6 Å². The van der Waals surface area contributed by atoms with Gasteiger partial charge in [0.1, 0.15) is 42.3 Å². The number of hydrogen-bond donors (Lipinski definition) is 14. The van der Waals surface area contributed by atoms with E-state index in [2.05, 4.69) is 34.4 Å². The third-order valence-electron chi connectivity index (χ3n) is 8.26. The number of phosphoric ester groups is 3. The average Bonchev–Trinajstić information content (AvgIpc) is 3.73. The number of aliphatic hydroxyl groups excluding tert-OH is 2. The van der Waals surface area contributed by atoms with Crippen molar-refractivity contribution in [3.05, 3.63) is 12.7 Å². The number of carbonyl (C=O) groups excluding carboxylic acids is 3. The quantitative estimate of drug-likeness (QED) is 0.0193. The predicted molar refractivity (Wildman–Crippen MR) is 203 cm³/mol. The summed E-state index contributed by atoms with van der Waals surface area (Å²) in [6.07, 6.45) is -7.50. The Labute approximate surface area is 352 Å². The summed E-state index contributed by atoms with van der Waals surface area (Å²) in [4.78, 5) is 111. The normalized spacial score (nSPS) is 22.2. The number of aromatic nitrogens is 4. The fourth-order valence-electron chi connectivity index (χ4n) is 5.06. The van der Waals surface area contributed by atoms with E-state index in [1.54, 1.807) is 5.32 Å². The third kappa shape index (κ3) is 14.5. The smallest absolute Gasteiger partial charge is 0.480 e. The molecule has 2 aromatic rings. The van der Waals surface area contributed by atoms with Crippen molar-refractivity contribution in [2.75, 3.05) is 44.3 Å². The molecule has 0 saturated carbocycles. The summed E-state index contributed by atoms with van der Waals surface area (Å²) in [6.45, 7) is -1.14. The number of thioether (sulfide) groups is 1. The molecule has 9 atom stereocenters. The molecule has 0 aromatic carbocycles. The Kier molecular flexibility index (Phi) is 18.2. The first-order chi connectivity index (χ1) is 28.5. The Morgan fingerprint density at radius 3 is 2.26 bits per heavy atom. The summed E-state index contributed by atoms with van der Waals surface area (Å²) in [6, 6.07) is -1.78. The van der Waals surface area contributed by atoms with Gasteiger partial charge in [-0.15, -0.1) is 0 Å². The fraction of sp³-hybridized carbons (Fsp3) is 0.630. The molecule has 35 heteroatoms. The van der Waals surface area contributed by atoms with Gasteiger partial charge in [0.25, 0.3) is 5.72 Å². The van der Waals surface area contributed by atoms with Crippen molar-refractivity contribution >= 4 is 81.1 Å². The Balaban J connectivity index is 1.47. The number of anilines is 1. The number of carbonyl (C=O) groups is 5. The molecule has 1 fully saturated rings. The highest BCUT2D eigenvalue weighted by Gasteiger charge is 2.51. The van der Waals surface area contributed by atoms with Crippen LogP contribution >= 0.6 is 35.2 Å². The number of fused-ring (bicyclic) bond motifs is 1. The lowest BCUT2D eigenvalue weighted by molar-refractivity contribution is -0.167. The lowest BCUT2D eigenvalue weighted by atomic mass is 9.87. The zero-order valence-electron chi connectivity index (χ0n) is 32.1. The molecule has 2 amide bonds. The topological polar surface area (TPSA) is 497 Å². The van der Waals surface area contributed by atoms with Gasteiger partial charge in [-0.25, -0.2) is 33.4 Å². The van der Waals surface area contributed by atoms with Gasteiger partial charge < -0.3 is 71.9 Å². The van der Waals surface area contributed by atoms with E-state index in [-0.39, 0.29) is 47.6 Å². The minimum Gasteiger partial charge on any atom is -0.480 e. The van der Waals surface area contributed by atoms with Crippen LogP contribution in [0, 0.1) is 5.41 Å². The van der Waals surface area contributed by atoms with Crippen molar-refractivity contribution in [3.8, 4) is 0 Å². The number of aliphatic hydroxyl groups is 3. The summed E-state index contributed by atoms with van der Waals surface area (Å²) in [5, 5.41) is 54.8. The van der Waals surface area contributed by atoms with Crippen LogP contribution in [0.25, 0.3) is 11.2 Å². The van der Waals surface area contributed by atoms with Gasteiger partial charge in [-0.1, -0.05) is 25.6 Å². The number of phosphoric acid groups is 3. The van der Waals surface area contributed by atoms with E-state index in [9.17, 15) is 77.7 Å². The largest absolute Gasteiger partial charge is 0.481 e. The minimum absolute atomic E-state index is 0.00232. The van der Waals surface area contributed by atoms with Gasteiger partial charge in [0.2, 0.25) is 16.9 Å². The third-order valence-corrected chi connectivity index (χ3v) is 12.3. The van der Waals surface area contributed by atoms with Crippen molar-refractivity contribution in [2.45, 2.75) is 62.7 Å². The number of amides is 2. The molecule has 1 aliphatic heterocycles. The molecule has 0 radical (unpaired) electrons. The van der Waals surface area contributed by atoms with Crippen molar-refractivity contribution in [1.29, 1.82) is 0 Å². The van der Waals surface area contributed by atoms with Gasteiger partial charge in [-0.05, 0) is 0 Å². The lowest BCUT2D eigenvalue weighted by Gasteiger charge is -2.30. The molecule has 62 heavy (non-hydrogen) atoms. The molecule has 0 bridgehead atoms. The molecule has 3 heterocycles. The SMILES string of the molecule is CC(C)(COP(=O)(O)OP(=O)(O)OC[C@H]1O[C@@H](n2cnc3c(N)ncnc32)[C@H](O)[C@@H]1OP(=O)(O)O)[C@@H](O)C(=O)NCCC(=O)NCCSC(=O)C(O)(N[C@@H](CN)C(=O)O)C(=O)O. The Morgan fingerprint density at radius 1 is 1.02 bits per heavy atom. The van der Waals surface area contributed by atoms with E-state index in [0.717, 1.165) is 17.2 Å². The number of ether oxygens (including phenoxy) is 1. The molecule has 1 saturated heterocycles. The highest BCUT2D eigenvalue weighted by Crippen LogP contribution is 2.61. The molecule has 2 aromatic heterocycles. The maximum absolute atomic E-state index is 12.7.